The van der Waals surface area contributed by atoms with E-state index in [2.05, 4.69) is 5.32 Å². The minimum absolute atomic E-state index is 0.108. The van der Waals surface area contributed by atoms with Crippen molar-refractivity contribution < 1.29 is 13.2 Å². The predicted molar refractivity (Wildman–Crippen MR) is 129 cm³/mol. The van der Waals surface area contributed by atoms with Crippen LogP contribution in [0.5, 0.6) is 0 Å². The van der Waals surface area contributed by atoms with Crippen LogP contribution in [0.25, 0.3) is 0 Å². The highest BCUT2D eigenvalue weighted by Gasteiger charge is 2.30. The van der Waals surface area contributed by atoms with Crippen molar-refractivity contribution in [3.8, 4) is 0 Å². The summed E-state index contributed by atoms with van der Waals surface area (Å²) >= 11 is 0. The third-order valence-corrected chi connectivity index (χ3v) is 7.44. The summed E-state index contributed by atoms with van der Waals surface area (Å²) in [7, 11) is -3.91. The summed E-state index contributed by atoms with van der Waals surface area (Å²) in [6, 6.07) is 18.8. The fourth-order valence-electron chi connectivity index (χ4n) is 3.82. The maximum Gasteiger partial charge on any atom is 0.244 e. The Bertz CT molecular complexity index is 1190. The molecule has 6 heteroatoms. The van der Waals surface area contributed by atoms with Crippen molar-refractivity contribution in [2.45, 2.75) is 46.1 Å². The maximum absolute atomic E-state index is 13.7. The molecule has 0 atom stereocenters. The zero-order valence-electron chi connectivity index (χ0n) is 19.3. The molecule has 0 aliphatic carbocycles. The zero-order chi connectivity index (χ0) is 23.5. The van der Waals surface area contributed by atoms with Crippen LogP contribution >= 0.6 is 0 Å². The lowest BCUT2D eigenvalue weighted by atomic mass is 10.1. The summed E-state index contributed by atoms with van der Waals surface area (Å²) in [5.41, 5.74) is 5.98. The van der Waals surface area contributed by atoms with Gasteiger partial charge in [-0.15, -0.1) is 0 Å². The van der Waals surface area contributed by atoms with E-state index in [9.17, 15) is 13.2 Å². The highest BCUT2D eigenvalue weighted by atomic mass is 32.2. The van der Waals surface area contributed by atoms with Gasteiger partial charge < -0.3 is 5.32 Å². The largest absolute Gasteiger partial charge is 0.325 e. The molecule has 0 aromatic heterocycles. The standard InChI is InChI=1S/C26H30N2O3S/c1-18-6-10-23(11-7-18)16-28(17-25(29)27-24-12-8-19(2)9-13-24)32(30,31)26-21(4)14-20(3)15-22(26)5/h6-15H,16-17H2,1-5H3,(H,27,29). The van der Waals surface area contributed by atoms with Gasteiger partial charge in [0.15, 0.2) is 0 Å². The number of nitrogens with zero attached hydrogens (tertiary/aromatic N) is 1. The fraction of sp³-hybridized carbons (Fsp3) is 0.269. The van der Waals surface area contributed by atoms with E-state index in [4.69, 9.17) is 0 Å². The second-order valence-electron chi connectivity index (χ2n) is 8.40. The fourth-order valence-corrected chi connectivity index (χ4v) is 5.62. The van der Waals surface area contributed by atoms with E-state index in [0.29, 0.717) is 16.8 Å². The van der Waals surface area contributed by atoms with Crippen LogP contribution in [0.1, 0.15) is 33.4 Å². The van der Waals surface area contributed by atoms with Crippen LogP contribution in [0.2, 0.25) is 0 Å². The molecule has 3 aromatic rings. The molecule has 0 aliphatic rings. The number of hydrogen-bond donors (Lipinski definition) is 1. The lowest BCUT2D eigenvalue weighted by molar-refractivity contribution is -0.116. The van der Waals surface area contributed by atoms with Gasteiger partial charge in [0.2, 0.25) is 15.9 Å². The van der Waals surface area contributed by atoms with Crippen LogP contribution in [0, 0.1) is 34.6 Å². The van der Waals surface area contributed by atoms with E-state index in [1.54, 1.807) is 26.0 Å². The van der Waals surface area contributed by atoms with Crippen molar-refractivity contribution in [3.05, 3.63) is 94.0 Å². The average Bonchev–Trinajstić information content (AvgIpc) is 2.70. The number of aryl methyl sites for hydroxylation is 5. The van der Waals surface area contributed by atoms with Gasteiger partial charge in [0.25, 0.3) is 0 Å². The molecule has 1 N–H and O–H groups in total. The number of benzene rings is 3. The maximum atomic E-state index is 13.7. The average molecular weight is 451 g/mol. The first-order valence-electron chi connectivity index (χ1n) is 10.6. The van der Waals surface area contributed by atoms with Crippen molar-refractivity contribution in [1.29, 1.82) is 0 Å². The quantitative estimate of drug-likeness (QED) is 0.547. The van der Waals surface area contributed by atoms with E-state index >= 15 is 0 Å². The van der Waals surface area contributed by atoms with Crippen LogP contribution < -0.4 is 5.32 Å². The first-order chi connectivity index (χ1) is 15.1. The Morgan fingerprint density at radius 2 is 1.28 bits per heavy atom. The van der Waals surface area contributed by atoms with Gasteiger partial charge in [0, 0.05) is 12.2 Å². The molecular formula is C26H30N2O3S. The van der Waals surface area contributed by atoms with Gasteiger partial charge in [-0.05, 0) is 63.4 Å². The van der Waals surface area contributed by atoms with E-state index in [1.165, 1.54) is 4.31 Å². The summed E-state index contributed by atoms with van der Waals surface area (Å²) in [5.74, 6) is -0.382. The molecule has 0 radical (unpaired) electrons. The summed E-state index contributed by atoms with van der Waals surface area (Å²) < 4.78 is 28.7. The first kappa shape index (κ1) is 23.7. The topological polar surface area (TPSA) is 66.5 Å². The number of anilines is 1. The van der Waals surface area contributed by atoms with E-state index < -0.39 is 10.0 Å². The van der Waals surface area contributed by atoms with Crippen molar-refractivity contribution in [2.24, 2.45) is 0 Å². The summed E-state index contributed by atoms with van der Waals surface area (Å²) in [5, 5.41) is 2.81. The summed E-state index contributed by atoms with van der Waals surface area (Å²) in [4.78, 5) is 13.1. The second kappa shape index (κ2) is 9.67. The molecule has 3 aromatic carbocycles. The molecule has 0 saturated heterocycles. The Morgan fingerprint density at radius 1 is 0.781 bits per heavy atom. The Kier molecular flexibility index (Phi) is 7.16. The normalized spacial score (nSPS) is 11.6. The van der Waals surface area contributed by atoms with Gasteiger partial charge in [-0.1, -0.05) is 65.2 Å². The van der Waals surface area contributed by atoms with Crippen LogP contribution in [0.4, 0.5) is 5.69 Å². The van der Waals surface area contributed by atoms with Gasteiger partial charge in [-0.2, -0.15) is 4.31 Å². The number of amides is 1. The van der Waals surface area contributed by atoms with E-state index in [-0.39, 0.29) is 23.9 Å². The lowest BCUT2D eigenvalue weighted by Crippen LogP contribution is -2.38. The zero-order valence-corrected chi connectivity index (χ0v) is 20.1. The minimum Gasteiger partial charge on any atom is -0.325 e. The van der Waals surface area contributed by atoms with Crippen LogP contribution in [-0.2, 0) is 21.4 Å². The van der Waals surface area contributed by atoms with Gasteiger partial charge in [-0.3, -0.25) is 4.79 Å². The smallest absolute Gasteiger partial charge is 0.244 e. The molecule has 32 heavy (non-hydrogen) atoms. The SMILES string of the molecule is Cc1ccc(CN(CC(=O)Nc2ccc(C)cc2)S(=O)(=O)c2c(C)cc(C)cc2C)cc1. The first-order valence-corrected chi connectivity index (χ1v) is 12.0. The predicted octanol–water partition coefficient (Wildman–Crippen LogP) is 5.06. The van der Waals surface area contributed by atoms with Gasteiger partial charge in [-0.25, -0.2) is 8.42 Å². The van der Waals surface area contributed by atoms with Crippen molar-refractivity contribution in [2.75, 3.05) is 11.9 Å². The highest BCUT2D eigenvalue weighted by molar-refractivity contribution is 7.89. The van der Waals surface area contributed by atoms with Crippen molar-refractivity contribution in [1.82, 2.24) is 4.31 Å². The van der Waals surface area contributed by atoms with Crippen molar-refractivity contribution >= 4 is 21.6 Å². The Hall–Kier alpha value is -2.96. The van der Waals surface area contributed by atoms with E-state index in [1.807, 2.05) is 69.3 Å². The minimum atomic E-state index is -3.91. The number of carbonyl (C=O) groups is 1. The third-order valence-electron chi connectivity index (χ3n) is 5.34. The summed E-state index contributed by atoms with van der Waals surface area (Å²) in [6.07, 6.45) is 0. The number of rotatable bonds is 7. The third kappa shape index (κ3) is 5.64. The van der Waals surface area contributed by atoms with Crippen molar-refractivity contribution in [3.63, 3.8) is 0 Å². The van der Waals surface area contributed by atoms with Crippen LogP contribution in [0.3, 0.4) is 0 Å². The number of nitrogens with one attached hydrogen (secondary N) is 1. The molecule has 0 spiro atoms. The van der Waals surface area contributed by atoms with Crippen LogP contribution in [0.15, 0.2) is 65.6 Å². The highest BCUT2D eigenvalue weighted by Crippen LogP contribution is 2.26. The monoisotopic (exact) mass is 450 g/mol. The summed E-state index contributed by atoms with van der Waals surface area (Å²) in [6.45, 7) is 9.30. The number of sulfonamides is 1. The van der Waals surface area contributed by atoms with E-state index in [0.717, 1.165) is 22.3 Å². The molecule has 5 nitrogen and oxygen atoms in total. The molecule has 1 amide bonds. The molecular weight excluding hydrogens is 420 g/mol. The second-order valence-corrected chi connectivity index (χ2v) is 10.3. The number of hydrogen-bond acceptors (Lipinski definition) is 3. The molecule has 0 bridgehead atoms. The number of carbonyl (C=O) groups excluding carboxylic acids is 1. The molecule has 0 aliphatic heterocycles. The molecule has 3 rings (SSSR count). The Balaban J connectivity index is 1.95. The Labute approximate surface area is 191 Å². The molecule has 168 valence electrons. The van der Waals surface area contributed by atoms with Crippen LogP contribution in [-0.4, -0.2) is 25.2 Å². The molecule has 0 unspecified atom stereocenters. The Morgan fingerprint density at radius 3 is 1.81 bits per heavy atom. The van der Waals surface area contributed by atoms with Gasteiger partial charge in [0.05, 0.1) is 11.4 Å². The molecule has 0 heterocycles. The lowest BCUT2D eigenvalue weighted by Gasteiger charge is -2.24. The van der Waals surface area contributed by atoms with Gasteiger partial charge in [0.1, 0.15) is 0 Å². The van der Waals surface area contributed by atoms with Gasteiger partial charge >= 0.3 is 0 Å². The molecule has 0 saturated carbocycles. The molecule has 0 fully saturated rings.